The van der Waals surface area contributed by atoms with Crippen molar-refractivity contribution in [2.45, 2.75) is 45.3 Å². The molecule has 1 atom stereocenters. The number of carbonyl (C=O) groups is 3. The summed E-state index contributed by atoms with van der Waals surface area (Å²) < 4.78 is 5.04. The molecule has 1 aromatic rings. The maximum absolute atomic E-state index is 11.7. The summed E-state index contributed by atoms with van der Waals surface area (Å²) in [7, 11) is 0. The first kappa shape index (κ1) is 18.5. The molecule has 0 aliphatic carbocycles. The van der Waals surface area contributed by atoms with E-state index in [1.165, 1.54) is 0 Å². The summed E-state index contributed by atoms with van der Waals surface area (Å²) >= 11 is 0. The molecule has 0 saturated carbocycles. The van der Waals surface area contributed by atoms with Gasteiger partial charge in [0.25, 0.3) is 0 Å². The van der Waals surface area contributed by atoms with Gasteiger partial charge in [-0.05, 0) is 31.9 Å². The van der Waals surface area contributed by atoms with E-state index in [9.17, 15) is 19.5 Å². The molecule has 0 bridgehead atoms. The first-order valence-electron chi connectivity index (χ1n) is 7.09. The van der Waals surface area contributed by atoms with Crippen molar-refractivity contribution >= 4 is 18.0 Å². The fourth-order valence-electron chi connectivity index (χ4n) is 1.85. The van der Waals surface area contributed by atoms with Crippen molar-refractivity contribution in [3.05, 3.63) is 35.4 Å². The van der Waals surface area contributed by atoms with Gasteiger partial charge in [0.2, 0.25) is 0 Å². The van der Waals surface area contributed by atoms with E-state index in [0.717, 1.165) is 0 Å². The molecule has 0 aromatic heterocycles. The molecule has 1 amide bonds. The van der Waals surface area contributed by atoms with Crippen molar-refractivity contribution in [2.75, 3.05) is 0 Å². The van der Waals surface area contributed by atoms with E-state index >= 15 is 0 Å². The molecular weight excluding hydrogens is 302 g/mol. The van der Waals surface area contributed by atoms with Gasteiger partial charge in [-0.2, -0.15) is 0 Å². The Balaban J connectivity index is 2.71. The van der Waals surface area contributed by atoms with Crippen molar-refractivity contribution in [1.82, 2.24) is 5.32 Å². The number of rotatable bonds is 6. The average Bonchev–Trinajstić information content (AvgIpc) is 2.37. The van der Waals surface area contributed by atoms with Gasteiger partial charge >= 0.3 is 18.0 Å². The molecule has 0 fully saturated rings. The van der Waals surface area contributed by atoms with Crippen LogP contribution in [0.1, 0.15) is 31.9 Å². The zero-order valence-corrected chi connectivity index (χ0v) is 13.3. The number of benzene rings is 1. The minimum absolute atomic E-state index is 0.0714. The number of carbonyl (C=O) groups excluding carboxylic acids is 1. The van der Waals surface area contributed by atoms with E-state index in [1.54, 1.807) is 45.0 Å². The second-order valence-electron chi connectivity index (χ2n) is 6.13. The lowest BCUT2D eigenvalue weighted by molar-refractivity contribution is -0.139. The van der Waals surface area contributed by atoms with Gasteiger partial charge in [-0.1, -0.05) is 24.3 Å². The van der Waals surface area contributed by atoms with Crippen LogP contribution in [0, 0.1) is 0 Å². The highest BCUT2D eigenvalue weighted by molar-refractivity contribution is 5.80. The van der Waals surface area contributed by atoms with E-state index in [4.69, 9.17) is 9.84 Å². The summed E-state index contributed by atoms with van der Waals surface area (Å²) in [6.07, 6.45) is -0.826. The maximum atomic E-state index is 11.7. The van der Waals surface area contributed by atoms with Crippen LogP contribution >= 0.6 is 0 Å². The van der Waals surface area contributed by atoms with E-state index in [2.05, 4.69) is 5.32 Å². The highest BCUT2D eigenvalue weighted by Crippen LogP contribution is 2.10. The summed E-state index contributed by atoms with van der Waals surface area (Å²) in [4.78, 5) is 33.6. The van der Waals surface area contributed by atoms with Gasteiger partial charge in [0, 0.05) is 6.42 Å². The number of aliphatic carboxylic acids is 2. The normalized spacial score (nSPS) is 12.3. The molecule has 0 spiro atoms. The number of ether oxygens (including phenoxy) is 1. The van der Waals surface area contributed by atoms with Gasteiger partial charge in [0.05, 0.1) is 6.42 Å². The Morgan fingerprint density at radius 2 is 1.61 bits per heavy atom. The third kappa shape index (κ3) is 7.30. The number of alkyl carbamates (subject to hydrolysis) is 1. The van der Waals surface area contributed by atoms with Gasteiger partial charge in [-0.25, -0.2) is 9.59 Å². The fourth-order valence-corrected chi connectivity index (χ4v) is 1.85. The average molecular weight is 323 g/mol. The van der Waals surface area contributed by atoms with Crippen LogP contribution in [-0.4, -0.2) is 39.9 Å². The fraction of sp³-hybridized carbons (Fsp3) is 0.438. The van der Waals surface area contributed by atoms with Gasteiger partial charge in [-0.15, -0.1) is 0 Å². The highest BCUT2D eigenvalue weighted by atomic mass is 16.6. The monoisotopic (exact) mass is 323 g/mol. The minimum Gasteiger partial charge on any atom is -0.481 e. The van der Waals surface area contributed by atoms with Gasteiger partial charge in [0.1, 0.15) is 11.6 Å². The number of hydrogen-bond donors (Lipinski definition) is 3. The zero-order chi connectivity index (χ0) is 17.6. The molecule has 0 heterocycles. The third-order valence-electron chi connectivity index (χ3n) is 2.81. The van der Waals surface area contributed by atoms with E-state index < -0.39 is 29.7 Å². The van der Waals surface area contributed by atoms with Crippen LogP contribution < -0.4 is 5.32 Å². The van der Waals surface area contributed by atoms with Crippen LogP contribution in [0.5, 0.6) is 0 Å². The lowest BCUT2D eigenvalue weighted by atomic mass is 10.0. The molecule has 0 aliphatic heterocycles. The van der Waals surface area contributed by atoms with Crippen LogP contribution in [0.25, 0.3) is 0 Å². The van der Waals surface area contributed by atoms with E-state index in [0.29, 0.717) is 11.1 Å². The largest absolute Gasteiger partial charge is 0.481 e. The smallest absolute Gasteiger partial charge is 0.408 e. The standard InChI is InChI=1S/C16H21NO6/c1-16(2,3)23-15(22)17-12(14(20)21)8-10-4-6-11(7-5-10)9-13(18)19/h4-7,12H,8-9H2,1-3H3,(H,17,22)(H,18,19)(H,20,21). The van der Waals surface area contributed by atoms with Crippen molar-refractivity contribution in [2.24, 2.45) is 0 Å². The Labute approximate surface area is 134 Å². The van der Waals surface area contributed by atoms with Gasteiger partial charge in [-0.3, -0.25) is 4.79 Å². The summed E-state index contributed by atoms with van der Waals surface area (Å²) in [6, 6.07) is 5.40. The maximum Gasteiger partial charge on any atom is 0.408 e. The number of nitrogens with one attached hydrogen (secondary N) is 1. The van der Waals surface area contributed by atoms with Crippen molar-refractivity contribution in [3.8, 4) is 0 Å². The zero-order valence-electron chi connectivity index (χ0n) is 13.3. The molecule has 3 N–H and O–H groups in total. The number of amides is 1. The first-order chi connectivity index (χ1) is 10.6. The summed E-state index contributed by atoms with van der Waals surface area (Å²) in [5.41, 5.74) is 0.571. The molecule has 1 unspecified atom stereocenters. The van der Waals surface area contributed by atoms with E-state index in [1.807, 2.05) is 0 Å². The van der Waals surface area contributed by atoms with Crippen LogP contribution in [0.2, 0.25) is 0 Å². The predicted molar refractivity (Wildman–Crippen MR) is 82.3 cm³/mol. The van der Waals surface area contributed by atoms with Crippen molar-refractivity contribution in [1.29, 1.82) is 0 Å². The SMILES string of the molecule is CC(C)(C)OC(=O)NC(Cc1ccc(CC(=O)O)cc1)C(=O)O. The van der Waals surface area contributed by atoms with Crippen molar-refractivity contribution < 1.29 is 29.3 Å². The lowest BCUT2D eigenvalue weighted by Crippen LogP contribution is -2.44. The third-order valence-corrected chi connectivity index (χ3v) is 2.81. The molecule has 7 heteroatoms. The quantitative estimate of drug-likeness (QED) is 0.736. The molecule has 1 aromatic carbocycles. The summed E-state index contributed by atoms with van der Waals surface area (Å²) in [6.45, 7) is 5.05. The Bertz CT molecular complexity index is 573. The highest BCUT2D eigenvalue weighted by Gasteiger charge is 2.24. The Hall–Kier alpha value is -2.57. The van der Waals surface area contributed by atoms with E-state index in [-0.39, 0.29) is 12.8 Å². The molecule has 7 nitrogen and oxygen atoms in total. The second-order valence-corrected chi connectivity index (χ2v) is 6.13. The number of carboxylic acids is 2. The molecule has 0 aliphatic rings. The first-order valence-corrected chi connectivity index (χ1v) is 7.09. The number of hydrogen-bond acceptors (Lipinski definition) is 4. The Kier molecular flexibility index (Phi) is 6.12. The molecule has 0 saturated heterocycles. The topological polar surface area (TPSA) is 113 Å². The Morgan fingerprint density at radius 1 is 1.09 bits per heavy atom. The summed E-state index contributed by atoms with van der Waals surface area (Å²) in [5, 5.41) is 20.2. The van der Waals surface area contributed by atoms with Gasteiger partial charge < -0.3 is 20.3 Å². The molecule has 0 radical (unpaired) electrons. The molecule has 126 valence electrons. The molecule has 23 heavy (non-hydrogen) atoms. The molecular formula is C16H21NO6. The van der Waals surface area contributed by atoms with Crippen molar-refractivity contribution in [3.63, 3.8) is 0 Å². The predicted octanol–water partition coefficient (Wildman–Crippen LogP) is 1.83. The lowest BCUT2D eigenvalue weighted by Gasteiger charge is -2.22. The van der Waals surface area contributed by atoms with Crippen LogP contribution in [-0.2, 0) is 27.2 Å². The summed E-state index contributed by atoms with van der Waals surface area (Å²) in [5.74, 6) is -2.11. The Morgan fingerprint density at radius 3 is 2.04 bits per heavy atom. The van der Waals surface area contributed by atoms with Crippen LogP contribution in [0.3, 0.4) is 0 Å². The molecule has 1 rings (SSSR count). The van der Waals surface area contributed by atoms with Crippen LogP contribution in [0.4, 0.5) is 4.79 Å². The van der Waals surface area contributed by atoms with Gasteiger partial charge in [0.15, 0.2) is 0 Å². The number of carboxylic acid groups (broad SMARTS) is 2. The minimum atomic E-state index is -1.18. The second kappa shape index (κ2) is 7.62. The van der Waals surface area contributed by atoms with Crippen LogP contribution in [0.15, 0.2) is 24.3 Å².